The van der Waals surface area contributed by atoms with Crippen molar-refractivity contribution in [2.75, 3.05) is 25.1 Å². The number of halogens is 1. The van der Waals surface area contributed by atoms with E-state index in [1.807, 2.05) is 31.2 Å². The number of hydrogen-bond donors (Lipinski definition) is 2. The molecular weight excluding hydrogens is 404 g/mol. The van der Waals surface area contributed by atoms with E-state index in [1.165, 1.54) is 0 Å². The van der Waals surface area contributed by atoms with E-state index in [9.17, 15) is 4.79 Å². The zero-order valence-electron chi connectivity index (χ0n) is 13.8. The molecule has 2 rings (SSSR count). The van der Waals surface area contributed by atoms with E-state index < -0.39 is 0 Å². The number of hydrogen-bond acceptors (Lipinski definition) is 4. The lowest BCUT2D eigenvalue weighted by Crippen LogP contribution is -2.34. The van der Waals surface area contributed by atoms with Gasteiger partial charge in [-0.1, -0.05) is 22.0 Å². The van der Waals surface area contributed by atoms with Gasteiger partial charge in [-0.25, -0.2) is 0 Å². The smallest absolute Gasteiger partial charge is 0.257 e. The maximum atomic E-state index is 12.2. The third-order valence-corrected chi connectivity index (χ3v) is 3.82. The van der Waals surface area contributed by atoms with Crippen LogP contribution in [0.5, 0.6) is 5.75 Å². The van der Waals surface area contributed by atoms with Crippen LogP contribution in [0.25, 0.3) is 0 Å². The first kappa shape index (κ1) is 19.4. The van der Waals surface area contributed by atoms with Crippen molar-refractivity contribution in [3.8, 4) is 5.75 Å². The quantitative estimate of drug-likeness (QED) is 0.521. The average molecular weight is 423 g/mol. The zero-order chi connectivity index (χ0) is 18.1. The van der Waals surface area contributed by atoms with Gasteiger partial charge in [-0.15, -0.1) is 0 Å². The largest absolute Gasteiger partial charge is 0.491 e. The Morgan fingerprint density at radius 3 is 2.60 bits per heavy atom. The maximum absolute atomic E-state index is 12.2. The Morgan fingerprint density at radius 2 is 1.92 bits per heavy atom. The second-order valence-corrected chi connectivity index (χ2v) is 6.31. The fourth-order valence-electron chi connectivity index (χ4n) is 1.97. The summed E-state index contributed by atoms with van der Waals surface area (Å²) in [7, 11) is 0. The Bertz CT molecular complexity index is 723. The highest BCUT2D eigenvalue weighted by Gasteiger charge is 2.08. The second-order valence-electron chi connectivity index (χ2n) is 4.99. The molecule has 0 aliphatic heterocycles. The number of nitrogens with one attached hydrogen (secondary N) is 2. The van der Waals surface area contributed by atoms with Crippen molar-refractivity contribution in [1.82, 2.24) is 5.32 Å². The lowest BCUT2D eigenvalue weighted by molar-refractivity contribution is 0.0977. The lowest BCUT2D eigenvalue weighted by Gasteiger charge is -2.10. The molecule has 0 saturated carbocycles. The molecule has 0 spiro atoms. The van der Waals surface area contributed by atoms with Crippen LogP contribution < -0.4 is 15.4 Å². The van der Waals surface area contributed by atoms with Crippen LogP contribution in [0.2, 0.25) is 0 Å². The fraction of sp³-hybridized carbons (Fsp3) is 0.222. The summed E-state index contributed by atoms with van der Waals surface area (Å²) in [6.07, 6.45) is 0. The Kier molecular flexibility index (Phi) is 7.84. The lowest BCUT2D eigenvalue weighted by atomic mass is 10.2. The number of carbonyl (C=O) groups excluding carboxylic acids is 1. The number of rotatable bonds is 7. The minimum atomic E-state index is -0.284. The standard InChI is InChI=1S/C18H19BrN2O3S/c1-2-23-10-11-24-16-8-6-13(7-9-16)17(22)21-18(25)20-15-5-3-4-14(19)12-15/h3-9,12H,2,10-11H2,1H3,(H2,20,21,22,25). The van der Waals surface area contributed by atoms with Gasteiger partial charge in [0.05, 0.1) is 6.61 Å². The van der Waals surface area contributed by atoms with E-state index in [0.717, 1.165) is 10.2 Å². The summed E-state index contributed by atoms with van der Waals surface area (Å²) in [5.74, 6) is 0.402. The Balaban J connectivity index is 1.84. The van der Waals surface area contributed by atoms with Crippen molar-refractivity contribution >= 4 is 44.9 Å². The van der Waals surface area contributed by atoms with Crippen LogP contribution in [0.4, 0.5) is 5.69 Å². The summed E-state index contributed by atoms with van der Waals surface area (Å²) < 4.78 is 11.6. The number of thiocarbonyl (C=S) groups is 1. The van der Waals surface area contributed by atoms with Gasteiger partial charge in [0.1, 0.15) is 12.4 Å². The van der Waals surface area contributed by atoms with E-state index in [4.69, 9.17) is 21.7 Å². The van der Waals surface area contributed by atoms with E-state index in [0.29, 0.717) is 31.1 Å². The molecule has 132 valence electrons. The van der Waals surface area contributed by atoms with Crippen molar-refractivity contribution < 1.29 is 14.3 Å². The van der Waals surface area contributed by atoms with Crippen molar-refractivity contribution in [2.24, 2.45) is 0 Å². The van der Waals surface area contributed by atoms with E-state index >= 15 is 0 Å². The monoisotopic (exact) mass is 422 g/mol. The predicted octanol–water partition coefficient (Wildman–Crippen LogP) is 3.99. The number of anilines is 1. The molecule has 25 heavy (non-hydrogen) atoms. The van der Waals surface area contributed by atoms with Crippen LogP contribution in [0.3, 0.4) is 0 Å². The van der Waals surface area contributed by atoms with Crippen LogP contribution in [0.15, 0.2) is 53.0 Å². The SMILES string of the molecule is CCOCCOc1ccc(C(=O)NC(=S)Nc2cccc(Br)c2)cc1. The molecule has 0 fully saturated rings. The maximum Gasteiger partial charge on any atom is 0.257 e. The molecule has 7 heteroatoms. The Hall–Kier alpha value is -1.96. The third kappa shape index (κ3) is 6.81. The highest BCUT2D eigenvalue weighted by atomic mass is 79.9. The third-order valence-electron chi connectivity index (χ3n) is 3.13. The molecule has 0 aliphatic rings. The molecule has 0 saturated heterocycles. The van der Waals surface area contributed by atoms with Crippen molar-refractivity contribution in [2.45, 2.75) is 6.92 Å². The first-order valence-corrected chi connectivity index (χ1v) is 8.97. The summed E-state index contributed by atoms with van der Waals surface area (Å²) in [6.45, 7) is 3.61. The van der Waals surface area contributed by atoms with Gasteiger partial charge in [0.15, 0.2) is 5.11 Å². The van der Waals surface area contributed by atoms with E-state index in [-0.39, 0.29) is 11.0 Å². The molecule has 0 bridgehead atoms. The zero-order valence-corrected chi connectivity index (χ0v) is 16.2. The highest BCUT2D eigenvalue weighted by Crippen LogP contribution is 2.16. The van der Waals surface area contributed by atoms with Gasteiger partial charge in [-0.2, -0.15) is 0 Å². The molecule has 2 N–H and O–H groups in total. The number of carbonyl (C=O) groups is 1. The summed E-state index contributed by atoms with van der Waals surface area (Å²) in [6, 6.07) is 14.4. The summed E-state index contributed by atoms with van der Waals surface area (Å²) in [5.41, 5.74) is 1.29. The Labute approximate surface area is 160 Å². The van der Waals surface area contributed by atoms with Gasteiger partial charge in [0, 0.05) is 22.3 Å². The number of benzene rings is 2. The topological polar surface area (TPSA) is 59.6 Å². The highest BCUT2D eigenvalue weighted by molar-refractivity contribution is 9.10. The molecule has 0 atom stereocenters. The van der Waals surface area contributed by atoms with Crippen molar-refractivity contribution in [1.29, 1.82) is 0 Å². The van der Waals surface area contributed by atoms with Crippen LogP contribution in [0, 0.1) is 0 Å². The molecule has 5 nitrogen and oxygen atoms in total. The van der Waals surface area contributed by atoms with Crippen molar-refractivity contribution in [3.05, 3.63) is 58.6 Å². The van der Waals surface area contributed by atoms with Gasteiger partial charge in [0.25, 0.3) is 5.91 Å². The van der Waals surface area contributed by atoms with Crippen LogP contribution in [-0.2, 0) is 4.74 Å². The first-order valence-electron chi connectivity index (χ1n) is 7.77. The molecule has 2 aromatic carbocycles. The van der Waals surface area contributed by atoms with Gasteiger partial charge >= 0.3 is 0 Å². The molecule has 0 unspecified atom stereocenters. The fourth-order valence-corrected chi connectivity index (χ4v) is 2.58. The van der Waals surface area contributed by atoms with Crippen LogP contribution in [0.1, 0.15) is 17.3 Å². The minimum Gasteiger partial charge on any atom is -0.491 e. The van der Waals surface area contributed by atoms with E-state index in [1.54, 1.807) is 24.3 Å². The number of ether oxygens (including phenoxy) is 2. The predicted molar refractivity (Wildman–Crippen MR) is 106 cm³/mol. The molecular formula is C18H19BrN2O3S. The molecule has 1 amide bonds. The minimum absolute atomic E-state index is 0.236. The van der Waals surface area contributed by atoms with Gasteiger partial charge in [0.2, 0.25) is 0 Å². The molecule has 0 aromatic heterocycles. The molecule has 0 radical (unpaired) electrons. The average Bonchev–Trinajstić information content (AvgIpc) is 2.59. The molecule has 0 aliphatic carbocycles. The molecule has 2 aromatic rings. The Morgan fingerprint density at radius 1 is 1.16 bits per heavy atom. The normalized spacial score (nSPS) is 10.2. The van der Waals surface area contributed by atoms with Gasteiger partial charge in [-0.3, -0.25) is 10.1 Å². The summed E-state index contributed by atoms with van der Waals surface area (Å²) in [5, 5.41) is 5.85. The van der Waals surface area contributed by atoms with Crippen LogP contribution in [-0.4, -0.2) is 30.8 Å². The number of amides is 1. The summed E-state index contributed by atoms with van der Waals surface area (Å²) >= 11 is 8.55. The van der Waals surface area contributed by atoms with Crippen LogP contribution >= 0.6 is 28.1 Å². The first-order chi connectivity index (χ1) is 12.1. The van der Waals surface area contributed by atoms with E-state index in [2.05, 4.69) is 26.6 Å². The summed E-state index contributed by atoms with van der Waals surface area (Å²) in [4.78, 5) is 12.2. The van der Waals surface area contributed by atoms with Crippen molar-refractivity contribution in [3.63, 3.8) is 0 Å². The van der Waals surface area contributed by atoms with Gasteiger partial charge in [-0.05, 0) is 61.6 Å². The molecule has 0 heterocycles. The van der Waals surface area contributed by atoms with Gasteiger partial charge < -0.3 is 14.8 Å². The second kappa shape index (κ2) is 10.1.